The maximum atomic E-state index is 14.9. The van der Waals surface area contributed by atoms with Crippen LogP contribution in [0.4, 0.5) is 4.39 Å². The lowest BCUT2D eigenvalue weighted by molar-refractivity contribution is -0.137. The lowest BCUT2D eigenvalue weighted by Gasteiger charge is -2.17. The maximum absolute atomic E-state index is 14.9. The standard InChI is InChI=1S/C27H22FNO6/c1-14-29-21-7-3-17(12-25(21)33-14)34-22-9-6-20(28)27-19(22)5-8-23(27)35-16-2-4-18-15(10-26(30)31)13-32-24(18)11-16/h2-4,6-7,9,11-12,15,23H,5,8,10,13H2,1H3,(H,30,31). The van der Waals surface area contributed by atoms with E-state index in [1.807, 2.05) is 18.2 Å². The average molecular weight is 475 g/mol. The Morgan fingerprint density at radius 2 is 2.03 bits per heavy atom. The van der Waals surface area contributed by atoms with E-state index in [0.29, 0.717) is 59.5 Å². The van der Waals surface area contributed by atoms with E-state index in [1.54, 1.807) is 31.2 Å². The molecule has 0 spiro atoms. The number of carboxylic acid groups (broad SMARTS) is 1. The number of aromatic nitrogens is 1. The minimum absolute atomic E-state index is 0.0141. The molecule has 35 heavy (non-hydrogen) atoms. The van der Waals surface area contributed by atoms with Crippen molar-refractivity contribution in [3.05, 3.63) is 76.9 Å². The zero-order chi connectivity index (χ0) is 24.1. The Hall–Kier alpha value is -4.07. The maximum Gasteiger partial charge on any atom is 0.304 e. The quantitative estimate of drug-likeness (QED) is 0.361. The van der Waals surface area contributed by atoms with Crippen molar-refractivity contribution >= 4 is 17.1 Å². The van der Waals surface area contributed by atoms with Gasteiger partial charge in [-0.15, -0.1) is 0 Å². The average Bonchev–Trinajstić information content (AvgIpc) is 3.52. The number of halogens is 1. The van der Waals surface area contributed by atoms with Gasteiger partial charge in [0.25, 0.3) is 0 Å². The summed E-state index contributed by atoms with van der Waals surface area (Å²) in [5, 5.41) is 9.09. The van der Waals surface area contributed by atoms with Gasteiger partial charge in [-0.2, -0.15) is 0 Å². The lowest BCUT2D eigenvalue weighted by atomic mass is 9.98. The van der Waals surface area contributed by atoms with E-state index < -0.39 is 12.1 Å². The molecule has 0 bridgehead atoms. The first-order valence-electron chi connectivity index (χ1n) is 11.5. The molecule has 2 unspecified atom stereocenters. The first-order chi connectivity index (χ1) is 16.9. The third kappa shape index (κ3) is 3.95. The second-order valence-corrected chi connectivity index (χ2v) is 8.85. The van der Waals surface area contributed by atoms with Crippen LogP contribution in [0.5, 0.6) is 23.0 Å². The van der Waals surface area contributed by atoms with Crippen LogP contribution >= 0.6 is 0 Å². The van der Waals surface area contributed by atoms with Crippen molar-refractivity contribution < 1.29 is 32.9 Å². The van der Waals surface area contributed by atoms with Gasteiger partial charge in [-0.05, 0) is 43.2 Å². The SMILES string of the molecule is Cc1nc2ccc(Oc3ccc(F)c4c3CCC4Oc3ccc4c(c3)OCC4CC(=O)O)cc2o1. The highest BCUT2D eigenvalue weighted by atomic mass is 19.1. The molecule has 1 N–H and O–H groups in total. The van der Waals surface area contributed by atoms with Gasteiger partial charge in [-0.25, -0.2) is 9.37 Å². The minimum atomic E-state index is -0.862. The Bertz CT molecular complexity index is 1460. The topological polar surface area (TPSA) is 91.0 Å². The van der Waals surface area contributed by atoms with Crippen LogP contribution in [-0.4, -0.2) is 22.7 Å². The number of ether oxygens (including phenoxy) is 3. The van der Waals surface area contributed by atoms with E-state index in [2.05, 4.69) is 4.98 Å². The van der Waals surface area contributed by atoms with Gasteiger partial charge in [-0.1, -0.05) is 6.07 Å². The van der Waals surface area contributed by atoms with Gasteiger partial charge in [0.05, 0.1) is 13.0 Å². The van der Waals surface area contributed by atoms with Crippen LogP contribution in [0.1, 0.15) is 47.4 Å². The van der Waals surface area contributed by atoms with Crippen LogP contribution in [0.2, 0.25) is 0 Å². The van der Waals surface area contributed by atoms with Crippen molar-refractivity contribution in [1.29, 1.82) is 0 Å². The fraction of sp³-hybridized carbons (Fsp3) is 0.259. The highest BCUT2D eigenvalue weighted by molar-refractivity contribution is 5.74. The van der Waals surface area contributed by atoms with Gasteiger partial charge in [0.1, 0.15) is 40.4 Å². The zero-order valence-corrected chi connectivity index (χ0v) is 18.9. The first kappa shape index (κ1) is 21.5. The molecule has 0 saturated carbocycles. The van der Waals surface area contributed by atoms with E-state index in [0.717, 1.165) is 16.6 Å². The zero-order valence-electron chi connectivity index (χ0n) is 18.9. The van der Waals surface area contributed by atoms with E-state index in [1.165, 1.54) is 6.07 Å². The smallest absolute Gasteiger partial charge is 0.304 e. The highest BCUT2D eigenvalue weighted by Gasteiger charge is 2.32. The first-order valence-corrected chi connectivity index (χ1v) is 11.5. The Balaban J connectivity index is 1.24. The Morgan fingerprint density at radius 3 is 2.89 bits per heavy atom. The van der Waals surface area contributed by atoms with Crippen molar-refractivity contribution in [3.63, 3.8) is 0 Å². The number of aliphatic carboxylic acids is 1. The van der Waals surface area contributed by atoms with Crippen molar-refractivity contribution in [3.8, 4) is 23.0 Å². The molecule has 0 saturated heterocycles. The number of benzene rings is 3. The molecule has 6 rings (SSSR count). The molecule has 0 radical (unpaired) electrons. The van der Waals surface area contributed by atoms with Crippen molar-refractivity contribution in [2.75, 3.05) is 6.61 Å². The van der Waals surface area contributed by atoms with E-state index >= 15 is 0 Å². The van der Waals surface area contributed by atoms with E-state index in [-0.39, 0.29) is 18.2 Å². The Kier molecular flexibility index (Phi) is 5.09. The molecule has 4 aromatic rings. The summed E-state index contributed by atoms with van der Waals surface area (Å²) < 4.78 is 38.5. The van der Waals surface area contributed by atoms with Crippen molar-refractivity contribution in [2.24, 2.45) is 0 Å². The molecule has 2 aliphatic rings. The molecule has 2 heterocycles. The number of hydrogen-bond donors (Lipinski definition) is 1. The number of oxazole rings is 1. The Labute approximate surface area is 200 Å². The predicted octanol–water partition coefficient (Wildman–Crippen LogP) is 6.08. The molecule has 0 fully saturated rings. The van der Waals surface area contributed by atoms with Gasteiger partial charge in [0, 0.05) is 41.7 Å². The summed E-state index contributed by atoms with van der Waals surface area (Å²) in [6.07, 6.45) is 0.758. The second-order valence-electron chi connectivity index (χ2n) is 8.85. The predicted molar refractivity (Wildman–Crippen MR) is 124 cm³/mol. The molecule has 1 aliphatic heterocycles. The molecule has 3 aromatic carbocycles. The number of hydrogen-bond acceptors (Lipinski definition) is 6. The molecule has 1 aromatic heterocycles. The summed E-state index contributed by atoms with van der Waals surface area (Å²) in [5.74, 6) is 1.52. The molecular formula is C27H22FNO6. The molecule has 1 aliphatic carbocycles. The monoisotopic (exact) mass is 475 g/mol. The molecule has 8 heteroatoms. The molecular weight excluding hydrogens is 453 g/mol. The van der Waals surface area contributed by atoms with Crippen LogP contribution < -0.4 is 14.2 Å². The number of aryl methyl sites for hydroxylation is 1. The number of carboxylic acids is 1. The summed E-state index contributed by atoms with van der Waals surface area (Å²) in [7, 11) is 0. The van der Waals surface area contributed by atoms with Crippen molar-refractivity contribution in [1.82, 2.24) is 4.98 Å². The Morgan fingerprint density at radius 1 is 1.17 bits per heavy atom. The number of fused-ring (bicyclic) bond motifs is 3. The third-order valence-electron chi connectivity index (χ3n) is 6.50. The number of nitrogens with zero attached hydrogens (tertiary/aromatic N) is 1. The van der Waals surface area contributed by atoms with Crippen LogP contribution in [0.25, 0.3) is 11.1 Å². The van der Waals surface area contributed by atoms with Gasteiger partial charge in [0.2, 0.25) is 0 Å². The molecule has 7 nitrogen and oxygen atoms in total. The van der Waals surface area contributed by atoms with Crippen LogP contribution in [-0.2, 0) is 11.2 Å². The summed E-state index contributed by atoms with van der Waals surface area (Å²) in [6.45, 7) is 2.11. The summed E-state index contributed by atoms with van der Waals surface area (Å²) in [6, 6.07) is 13.8. The molecule has 2 atom stereocenters. The summed E-state index contributed by atoms with van der Waals surface area (Å²) >= 11 is 0. The van der Waals surface area contributed by atoms with Crippen molar-refractivity contribution in [2.45, 2.75) is 38.2 Å². The number of rotatable bonds is 6. The van der Waals surface area contributed by atoms with E-state index in [4.69, 9.17) is 23.7 Å². The highest BCUT2D eigenvalue weighted by Crippen LogP contribution is 2.44. The number of carbonyl (C=O) groups is 1. The fourth-order valence-electron chi connectivity index (χ4n) is 4.94. The van der Waals surface area contributed by atoms with Crippen LogP contribution in [0, 0.1) is 12.7 Å². The second kappa shape index (κ2) is 8.30. The lowest BCUT2D eigenvalue weighted by Crippen LogP contribution is -2.07. The molecule has 178 valence electrons. The van der Waals surface area contributed by atoms with Crippen LogP contribution in [0.15, 0.2) is 52.9 Å². The summed E-state index contributed by atoms with van der Waals surface area (Å²) in [5.41, 5.74) is 3.50. The van der Waals surface area contributed by atoms with Gasteiger partial charge in [0.15, 0.2) is 11.5 Å². The van der Waals surface area contributed by atoms with Crippen LogP contribution in [0.3, 0.4) is 0 Å². The largest absolute Gasteiger partial charge is 0.492 e. The summed E-state index contributed by atoms with van der Waals surface area (Å²) in [4.78, 5) is 15.4. The van der Waals surface area contributed by atoms with Gasteiger partial charge < -0.3 is 23.7 Å². The van der Waals surface area contributed by atoms with E-state index in [9.17, 15) is 9.18 Å². The van der Waals surface area contributed by atoms with Gasteiger partial charge >= 0.3 is 5.97 Å². The fourth-order valence-corrected chi connectivity index (χ4v) is 4.94. The minimum Gasteiger partial charge on any atom is -0.492 e. The third-order valence-corrected chi connectivity index (χ3v) is 6.50. The van der Waals surface area contributed by atoms with Gasteiger partial charge in [-0.3, -0.25) is 4.79 Å². The normalized spacial score (nSPS) is 18.2. The molecule has 0 amide bonds.